The van der Waals surface area contributed by atoms with E-state index in [9.17, 15) is 18.0 Å². The first-order valence-electron chi connectivity index (χ1n) is 11.7. The zero-order valence-corrected chi connectivity index (χ0v) is 19.0. The lowest BCUT2D eigenvalue weighted by Gasteiger charge is -2.52. The third-order valence-corrected chi connectivity index (χ3v) is 7.16. The number of hydrogen-bond acceptors (Lipinski definition) is 2. The summed E-state index contributed by atoms with van der Waals surface area (Å²) in [6.45, 7) is 3.97. The standard InChI is InChI=1S/C28H30F3NO/c1-3-15-32-19(2)25(18-33)26(22-10-5-4-6-11-22)24(27(32)28(29,30)31)17-20-13-14-21-9-7-8-12-23(21)16-20/h4-14,16,18-19,24-27H,3,15,17H2,1-2H3. The lowest BCUT2D eigenvalue weighted by Crippen LogP contribution is -2.63. The van der Waals surface area contributed by atoms with Crippen LogP contribution in [0.15, 0.2) is 72.8 Å². The van der Waals surface area contributed by atoms with Crippen molar-refractivity contribution in [3.05, 3.63) is 83.9 Å². The molecule has 0 amide bonds. The van der Waals surface area contributed by atoms with E-state index in [1.165, 1.54) is 4.90 Å². The van der Waals surface area contributed by atoms with E-state index in [4.69, 9.17) is 0 Å². The Labute approximate surface area is 193 Å². The third-order valence-electron chi connectivity index (χ3n) is 7.16. The van der Waals surface area contributed by atoms with Crippen LogP contribution in [0, 0.1) is 11.8 Å². The molecule has 3 aromatic rings. The van der Waals surface area contributed by atoms with E-state index in [0.717, 1.165) is 28.2 Å². The number of halogens is 3. The molecule has 2 nitrogen and oxygen atoms in total. The van der Waals surface area contributed by atoms with Gasteiger partial charge in [-0.3, -0.25) is 4.90 Å². The number of benzene rings is 3. The summed E-state index contributed by atoms with van der Waals surface area (Å²) in [5, 5.41) is 2.07. The van der Waals surface area contributed by atoms with Gasteiger partial charge in [-0.15, -0.1) is 0 Å². The Hall–Kier alpha value is -2.66. The molecule has 3 aromatic carbocycles. The van der Waals surface area contributed by atoms with Gasteiger partial charge in [-0.1, -0.05) is 79.7 Å². The zero-order valence-electron chi connectivity index (χ0n) is 19.0. The van der Waals surface area contributed by atoms with E-state index in [2.05, 4.69) is 0 Å². The predicted octanol–water partition coefficient (Wildman–Crippen LogP) is 6.64. The summed E-state index contributed by atoms with van der Waals surface area (Å²) in [5.74, 6) is -1.79. The molecule has 1 aliphatic rings. The topological polar surface area (TPSA) is 20.3 Å². The number of carbonyl (C=O) groups excluding carboxylic acids is 1. The fourth-order valence-electron chi connectivity index (χ4n) is 5.75. The van der Waals surface area contributed by atoms with Crippen LogP contribution in [-0.4, -0.2) is 36.0 Å². The number of hydrogen-bond donors (Lipinski definition) is 0. The number of carbonyl (C=O) groups is 1. The Balaban J connectivity index is 1.85. The molecule has 174 valence electrons. The largest absolute Gasteiger partial charge is 0.404 e. The van der Waals surface area contributed by atoms with Crippen LogP contribution in [0.5, 0.6) is 0 Å². The minimum absolute atomic E-state index is 0.256. The summed E-state index contributed by atoms with van der Waals surface area (Å²) in [6.07, 6.45) is -2.66. The highest BCUT2D eigenvalue weighted by atomic mass is 19.4. The Bertz CT molecular complexity index is 1080. The first-order chi connectivity index (χ1) is 15.8. The molecule has 0 aromatic heterocycles. The summed E-state index contributed by atoms with van der Waals surface area (Å²) in [5.41, 5.74) is 1.67. The van der Waals surface area contributed by atoms with Gasteiger partial charge in [0.2, 0.25) is 0 Å². The maximum atomic E-state index is 14.7. The molecule has 0 saturated carbocycles. The maximum Gasteiger partial charge on any atom is 0.404 e. The SMILES string of the molecule is CCCN1C(C)C(C=O)C(c2ccccc2)C(Cc2ccc3ccccc3c2)C1C(F)(F)F. The van der Waals surface area contributed by atoms with Gasteiger partial charge in [0.05, 0.1) is 0 Å². The van der Waals surface area contributed by atoms with Crippen LogP contribution >= 0.6 is 0 Å². The second-order valence-electron chi connectivity index (χ2n) is 9.16. The fourth-order valence-corrected chi connectivity index (χ4v) is 5.75. The number of likely N-dealkylation sites (tertiary alicyclic amines) is 1. The van der Waals surface area contributed by atoms with Crippen molar-refractivity contribution in [3.63, 3.8) is 0 Å². The van der Waals surface area contributed by atoms with E-state index in [-0.39, 0.29) is 6.42 Å². The van der Waals surface area contributed by atoms with Gasteiger partial charge in [0.15, 0.2) is 0 Å². The van der Waals surface area contributed by atoms with Crippen LogP contribution < -0.4 is 0 Å². The van der Waals surface area contributed by atoms with Crippen molar-refractivity contribution in [2.45, 2.75) is 50.9 Å². The summed E-state index contributed by atoms with van der Waals surface area (Å²) in [6, 6.07) is 20.9. The van der Waals surface area contributed by atoms with Crippen molar-refractivity contribution in [1.29, 1.82) is 0 Å². The quantitative estimate of drug-likeness (QED) is 0.390. The van der Waals surface area contributed by atoms with Gasteiger partial charge in [-0.25, -0.2) is 0 Å². The van der Waals surface area contributed by atoms with Gasteiger partial charge >= 0.3 is 6.18 Å². The van der Waals surface area contributed by atoms with Crippen LogP contribution in [0.25, 0.3) is 10.8 Å². The van der Waals surface area contributed by atoms with Gasteiger partial charge in [-0.05, 0) is 60.0 Å². The number of aldehydes is 1. The normalized spacial score (nSPS) is 26.4. The molecular formula is C28H30F3NO. The Morgan fingerprint density at radius 1 is 0.939 bits per heavy atom. The van der Waals surface area contributed by atoms with Crippen LogP contribution in [0.4, 0.5) is 13.2 Å². The molecule has 0 spiro atoms. The molecule has 1 aliphatic heterocycles. The van der Waals surface area contributed by atoms with Crippen molar-refractivity contribution < 1.29 is 18.0 Å². The molecule has 5 atom stereocenters. The molecule has 1 fully saturated rings. The Morgan fingerprint density at radius 3 is 2.24 bits per heavy atom. The van der Waals surface area contributed by atoms with Gasteiger partial charge in [0.25, 0.3) is 0 Å². The van der Waals surface area contributed by atoms with Gasteiger partial charge in [-0.2, -0.15) is 13.2 Å². The molecule has 0 N–H and O–H groups in total. The van der Waals surface area contributed by atoms with Crippen molar-refractivity contribution in [1.82, 2.24) is 4.90 Å². The molecule has 5 unspecified atom stereocenters. The number of piperidine rings is 1. The van der Waals surface area contributed by atoms with Crippen LogP contribution in [-0.2, 0) is 11.2 Å². The van der Waals surface area contributed by atoms with Crippen molar-refractivity contribution in [2.75, 3.05) is 6.54 Å². The van der Waals surface area contributed by atoms with Gasteiger partial charge < -0.3 is 4.79 Å². The minimum atomic E-state index is -4.40. The lowest BCUT2D eigenvalue weighted by atomic mass is 9.65. The second-order valence-corrected chi connectivity index (χ2v) is 9.16. The van der Waals surface area contributed by atoms with Gasteiger partial charge in [0.1, 0.15) is 12.3 Å². The van der Waals surface area contributed by atoms with Crippen LogP contribution in [0.2, 0.25) is 0 Å². The van der Waals surface area contributed by atoms with E-state index >= 15 is 0 Å². The number of rotatable bonds is 6. The highest BCUT2D eigenvalue weighted by molar-refractivity contribution is 5.83. The molecule has 1 saturated heterocycles. The molecule has 0 bridgehead atoms. The summed E-state index contributed by atoms with van der Waals surface area (Å²) < 4.78 is 44.1. The number of fused-ring (bicyclic) bond motifs is 1. The Morgan fingerprint density at radius 2 is 1.61 bits per heavy atom. The Kier molecular flexibility index (Phi) is 6.89. The molecule has 0 aliphatic carbocycles. The van der Waals surface area contributed by atoms with Crippen molar-refractivity contribution in [2.24, 2.45) is 11.8 Å². The number of alkyl halides is 3. The van der Waals surface area contributed by atoms with Crippen molar-refractivity contribution in [3.8, 4) is 0 Å². The molecule has 4 rings (SSSR count). The summed E-state index contributed by atoms with van der Waals surface area (Å²) in [4.78, 5) is 13.9. The average molecular weight is 454 g/mol. The maximum absolute atomic E-state index is 14.7. The first-order valence-corrected chi connectivity index (χ1v) is 11.7. The monoisotopic (exact) mass is 453 g/mol. The minimum Gasteiger partial charge on any atom is -0.303 e. The van der Waals surface area contributed by atoms with E-state index in [1.54, 1.807) is 6.92 Å². The highest BCUT2D eigenvalue weighted by Crippen LogP contribution is 2.49. The second kappa shape index (κ2) is 9.68. The van der Waals surface area contributed by atoms with Crippen molar-refractivity contribution >= 4 is 17.1 Å². The van der Waals surface area contributed by atoms with E-state index in [0.29, 0.717) is 13.0 Å². The number of nitrogens with zero attached hydrogens (tertiary/aromatic N) is 1. The molecule has 33 heavy (non-hydrogen) atoms. The third kappa shape index (κ3) is 4.70. The highest BCUT2D eigenvalue weighted by Gasteiger charge is 2.57. The van der Waals surface area contributed by atoms with Crippen LogP contribution in [0.1, 0.15) is 37.3 Å². The van der Waals surface area contributed by atoms with Crippen LogP contribution in [0.3, 0.4) is 0 Å². The van der Waals surface area contributed by atoms with E-state index in [1.807, 2.05) is 79.7 Å². The average Bonchev–Trinajstić information content (AvgIpc) is 2.80. The zero-order chi connectivity index (χ0) is 23.6. The predicted molar refractivity (Wildman–Crippen MR) is 126 cm³/mol. The fraction of sp³-hybridized carbons (Fsp3) is 0.393. The molecule has 0 radical (unpaired) electrons. The summed E-state index contributed by atoms with van der Waals surface area (Å²) >= 11 is 0. The molecular weight excluding hydrogens is 423 g/mol. The van der Waals surface area contributed by atoms with Gasteiger partial charge in [0, 0.05) is 12.0 Å². The molecule has 5 heteroatoms. The van der Waals surface area contributed by atoms with E-state index < -0.39 is 36.0 Å². The first kappa shape index (κ1) is 23.5. The molecule has 1 heterocycles. The summed E-state index contributed by atoms with van der Waals surface area (Å²) in [7, 11) is 0. The smallest absolute Gasteiger partial charge is 0.303 e. The lowest BCUT2D eigenvalue weighted by molar-refractivity contribution is -0.221.